The molecular formula is C14H10FNO2. The molecule has 0 fully saturated rings. The van der Waals surface area contributed by atoms with Crippen LogP contribution < -0.4 is 5.32 Å². The van der Waals surface area contributed by atoms with Gasteiger partial charge in [0.1, 0.15) is 12.1 Å². The van der Waals surface area contributed by atoms with Gasteiger partial charge in [-0.15, -0.1) is 0 Å². The molecule has 2 aromatic rings. The van der Waals surface area contributed by atoms with Gasteiger partial charge in [-0.1, -0.05) is 12.1 Å². The summed E-state index contributed by atoms with van der Waals surface area (Å²) in [6.45, 7) is 0. The second-order valence-corrected chi connectivity index (χ2v) is 3.70. The summed E-state index contributed by atoms with van der Waals surface area (Å²) in [5, 5.41) is 2.62. The Kier molecular flexibility index (Phi) is 3.48. The quantitative estimate of drug-likeness (QED) is 0.842. The highest BCUT2D eigenvalue weighted by molar-refractivity contribution is 6.04. The van der Waals surface area contributed by atoms with Crippen molar-refractivity contribution in [1.29, 1.82) is 0 Å². The maximum Gasteiger partial charge on any atom is 0.255 e. The average molecular weight is 243 g/mol. The Hall–Kier alpha value is -2.49. The molecule has 0 saturated heterocycles. The molecule has 2 aromatic carbocycles. The monoisotopic (exact) mass is 243 g/mol. The highest BCUT2D eigenvalue weighted by Crippen LogP contribution is 2.11. The number of anilines is 1. The van der Waals surface area contributed by atoms with Gasteiger partial charge in [0.25, 0.3) is 5.91 Å². The molecular weight excluding hydrogens is 233 g/mol. The Morgan fingerprint density at radius 2 is 1.83 bits per heavy atom. The zero-order chi connectivity index (χ0) is 13.0. The predicted molar refractivity (Wildman–Crippen MR) is 66.2 cm³/mol. The Bertz CT molecular complexity index is 579. The Morgan fingerprint density at radius 3 is 2.50 bits per heavy atom. The van der Waals surface area contributed by atoms with Gasteiger partial charge < -0.3 is 5.32 Å². The molecule has 0 atom stereocenters. The van der Waals surface area contributed by atoms with Gasteiger partial charge >= 0.3 is 0 Å². The fourth-order valence-corrected chi connectivity index (χ4v) is 1.49. The third-order valence-corrected chi connectivity index (χ3v) is 2.39. The lowest BCUT2D eigenvalue weighted by atomic mass is 10.1. The van der Waals surface area contributed by atoms with E-state index in [0.29, 0.717) is 23.1 Å². The molecule has 0 spiro atoms. The molecule has 3 nitrogen and oxygen atoms in total. The van der Waals surface area contributed by atoms with Crippen molar-refractivity contribution in [3.8, 4) is 0 Å². The molecule has 0 bridgehead atoms. The first-order chi connectivity index (χ1) is 8.69. The fourth-order valence-electron chi connectivity index (χ4n) is 1.49. The summed E-state index contributed by atoms with van der Waals surface area (Å²) in [6, 6.07) is 11.8. The summed E-state index contributed by atoms with van der Waals surface area (Å²) >= 11 is 0. The first-order valence-electron chi connectivity index (χ1n) is 5.31. The van der Waals surface area contributed by atoms with Crippen molar-refractivity contribution in [3.63, 3.8) is 0 Å². The number of amides is 1. The van der Waals surface area contributed by atoms with Crippen molar-refractivity contribution in [2.75, 3.05) is 5.32 Å². The number of nitrogens with one attached hydrogen (secondary N) is 1. The van der Waals surface area contributed by atoms with Crippen molar-refractivity contribution < 1.29 is 14.0 Å². The second kappa shape index (κ2) is 5.23. The third kappa shape index (κ3) is 2.79. The smallest absolute Gasteiger partial charge is 0.255 e. The lowest BCUT2D eigenvalue weighted by molar-refractivity contribution is 0.102. The molecule has 0 heterocycles. The van der Waals surface area contributed by atoms with Gasteiger partial charge in [0.15, 0.2) is 0 Å². The van der Waals surface area contributed by atoms with Gasteiger partial charge in [0, 0.05) is 16.8 Å². The Balaban J connectivity index is 2.16. The van der Waals surface area contributed by atoms with Gasteiger partial charge in [0.05, 0.1) is 0 Å². The van der Waals surface area contributed by atoms with Crippen molar-refractivity contribution in [2.45, 2.75) is 0 Å². The molecule has 0 radical (unpaired) electrons. The first kappa shape index (κ1) is 12.0. The summed E-state index contributed by atoms with van der Waals surface area (Å²) < 4.78 is 12.7. The third-order valence-electron chi connectivity index (χ3n) is 2.39. The van der Waals surface area contributed by atoms with Crippen molar-refractivity contribution in [1.82, 2.24) is 0 Å². The van der Waals surface area contributed by atoms with Gasteiger partial charge in [-0.3, -0.25) is 9.59 Å². The molecule has 0 aliphatic heterocycles. The zero-order valence-corrected chi connectivity index (χ0v) is 9.39. The number of benzene rings is 2. The molecule has 0 unspecified atom stereocenters. The van der Waals surface area contributed by atoms with Crippen LogP contribution in [0.25, 0.3) is 0 Å². The maximum absolute atomic E-state index is 12.7. The largest absolute Gasteiger partial charge is 0.322 e. The minimum Gasteiger partial charge on any atom is -0.322 e. The summed E-state index contributed by atoms with van der Waals surface area (Å²) in [5.74, 6) is -0.707. The van der Waals surface area contributed by atoms with Crippen molar-refractivity contribution in [2.24, 2.45) is 0 Å². The summed E-state index contributed by atoms with van der Waals surface area (Å²) in [6.07, 6.45) is 0.675. The van der Waals surface area contributed by atoms with Crippen LogP contribution >= 0.6 is 0 Å². The molecule has 2 rings (SSSR count). The summed E-state index contributed by atoms with van der Waals surface area (Å²) in [5.41, 5.74) is 1.31. The van der Waals surface area contributed by atoms with E-state index >= 15 is 0 Å². The van der Waals surface area contributed by atoms with E-state index in [1.54, 1.807) is 18.2 Å². The molecule has 0 aliphatic carbocycles. The first-order valence-corrected chi connectivity index (χ1v) is 5.31. The highest BCUT2D eigenvalue weighted by Gasteiger charge is 2.06. The molecule has 18 heavy (non-hydrogen) atoms. The number of rotatable bonds is 3. The number of carbonyl (C=O) groups is 2. The van der Waals surface area contributed by atoms with Gasteiger partial charge in [0.2, 0.25) is 0 Å². The van der Waals surface area contributed by atoms with Crippen LogP contribution in [0.1, 0.15) is 20.7 Å². The highest BCUT2D eigenvalue weighted by atomic mass is 19.1. The number of hydrogen-bond donors (Lipinski definition) is 1. The van der Waals surface area contributed by atoms with Crippen molar-refractivity contribution in [3.05, 3.63) is 65.5 Å². The average Bonchev–Trinajstić information content (AvgIpc) is 2.41. The van der Waals surface area contributed by atoms with Gasteiger partial charge in [-0.2, -0.15) is 0 Å². The molecule has 0 aromatic heterocycles. The van der Waals surface area contributed by atoms with Crippen LogP contribution in [-0.4, -0.2) is 12.2 Å². The van der Waals surface area contributed by atoms with E-state index in [1.807, 2.05) is 0 Å². The summed E-state index contributed by atoms with van der Waals surface area (Å²) in [7, 11) is 0. The van der Waals surface area contributed by atoms with Crippen LogP contribution in [-0.2, 0) is 0 Å². The molecule has 1 amide bonds. The van der Waals surface area contributed by atoms with Crippen LogP contribution in [0.3, 0.4) is 0 Å². The van der Waals surface area contributed by atoms with E-state index in [0.717, 1.165) is 0 Å². The predicted octanol–water partition coefficient (Wildman–Crippen LogP) is 2.89. The van der Waals surface area contributed by atoms with Crippen LogP contribution in [0.4, 0.5) is 10.1 Å². The normalized spacial score (nSPS) is 9.83. The van der Waals surface area contributed by atoms with E-state index in [-0.39, 0.29) is 11.7 Å². The molecule has 1 N–H and O–H groups in total. The van der Waals surface area contributed by atoms with E-state index in [1.165, 1.54) is 30.3 Å². The van der Waals surface area contributed by atoms with Crippen molar-refractivity contribution >= 4 is 17.9 Å². The maximum atomic E-state index is 12.7. The second-order valence-electron chi connectivity index (χ2n) is 3.70. The topological polar surface area (TPSA) is 46.2 Å². The van der Waals surface area contributed by atoms with Crippen LogP contribution in [0, 0.1) is 5.82 Å². The van der Waals surface area contributed by atoms with Crippen LogP contribution in [0.2, 0.25) is 0 Å². The van der Waals surface area contributed by atoms with E-state index < -0.39 is 0 Å². The van der Waals surface area contributed by atoms with Crippen LogP contribution in [0.15, 0.2) is 48.5 Å². The van der Waals surface area contributed by atoms with Crippen LogP contribution in [0.5, 0.6) is 0 Å². The Labute approximate surface area is 103 Å². The van der Waals surface area contributed by atoms with E-state index in [2.05, 4.69) is 5.32 Å². The molecule has 0 saturated carbocycles. The van der Waals surface area contributed by atoms with Gasteiger partial charge in [-0.05, 0) is 36.4 Å². The standard InChI is InChI=1S/C14H10FNO2/c15-12-4-6-13(7-5-12)16-14(18)11-3-1-2-10(8-11)9-17/h1-9H,(H,16,18). The number of carbonyl (C=O) groups excluding carboxylic acids is 2. The number of hydrogen-bond acceptors (Lipinski definition) is 2. The molecule has 90 valence electrons. The summed E-state index contributed by atoms with van der Waals surface area (Å²) in [4.78, 5) is 22.5. The number of aldehydes is 1. The van der Waals surface area contributed by atoms with E-state index in [4.69, 9.17) is 0 Å². The molecule has 0 aliphatic rings. The lowest BCUT2D eigenvalue weighted by Crippen LogP contribution is -2.12. The SMILES string of the molecule is O=Cc1cccc(C(=O)Nc2ccc(F)cc2)c1. The minimum absolute atomic E-state index is 0.342. The molecule has 4 heteroatoms. The van der Waals surface area contributed by atoms with E-state index in [9.17, 15) is 14.0 Å². The zero-order valence-electron chi connectivity index (χ0n) is 9.39. The lowest BCUT2D eigenvalue weighted by Gasteiger charge is -2.05. The Morgan fingerprint density at radius 1 is 1.11 bits per heavy atom. The number of halogens is 1. The fraction of sp³-hybridized carbons (Fsp3) is 0. The minimum atomic E-state index is -0.365. The van der Waals surface area contributed by atoms with Gasteiger partial charge in [-0.25, -0.2) is 4.39 Å².